The molecule has 1 rings (SSSR count). The Morgan fingerprint density at radius 1 is 0.612 bits per heavy atom. The van der Waals surface area contributed by atoms with E-state index in [1.807, 2.05) is 0 Å². The summed E-state index contributed by atoms with van der Waals surface area (Å²) in [6.45, 7) is 3.18. The lowest BCUT2D eigenvalue weighted by atomic mass is 9.85. The van der Waals surface area contributed by atoms with Crippen LogP contribution < -0.4 is 0 Å². The zero-order valence-electron chi connectivity index (χ0n) is 29.7. The zero-order valence-corrected chi connectivity index (χ0v) is 30.6. The molecule has 0 aromatic heterocycles. The van der Waals surface area contributed by atoms with Crippen LogP contribution in [0, 0.1) is 0 Å². The van der Waals surface area contributed by atoms with Crippen molar-refractivity contribution in [1.29, 1.82) is 0 Å². The van der Waals surface area contributed by atoms with Crippen molar-refractivity contribution in [3.63, 3.8) is 0 Å². The van der Waals surface area contributed by atoms with E-state index in [1.165, 1.54) is 44.9 Å². The van der Waals surface area contributed by atoms with Gasteiger partial charge in [-0.15, -0.1) is 0 Å². The molecule has 0 amide bonds. The third kappa shape index (κ3) is 20.9. The van der Waals surface area contributed by atoms with E-state index in [-0.39, 0.29) is 12.8 Å². The largest absolute Gasteiger partial charge is 0.472 e. The van der Waals surface area contributed by atoms with Crippen molar-refractivity contribution in [2.24, 2.45) is 0 Å². The van der Waals surface area contributed by atoms with Crippen LogP contribution in [0.2, 0.25) is 0 Å². The summed E-state index contributed by atoms with van der Waals surface area (Å²) < 4.78 is 33.2. The van der Waals surface area contributed by atoms with E-state index in [4.69, 9.17) is 18.5 Å². The number of aliphatic hydroxyl groups excluding tert-OH is 5. The maximum Gasteiger partial charge on any atom is 0.472 e. The molecule has 288 valence electrons. The average molecular weight is 725 g/mol. The molecular formula is C35H65O13P. The summed E-state index contributed by atoms with van der Waals surface area (Å²) in [4.78, 5) is 35.3. The fourth-order valence-electron chi connectivity index (χ4n) is 5.50. The second kappa shape index (κ2) is 27.3. The highest BCUT2D eigenvalue weighted by atomic mass is 31.2. The predicted molar refractivity (Wildman–Crippen MR) is 184 cm³/mol. The quantitative estimate of drug-likeness (QED) is 0.0255. The van der Waals surface area contributed by atoms with Crippen LogP contribution in [0.1, 0.15) is 142 Å². The van der Waals surface area contributed by atoms with Crippen LogP contribution in [0.3, 0.4) is 0 Å². The summed E-state index contributed by atoms with van der Waals surface area (Å²) in [6, 6.07) is 0. The third-order valence-electron chi connectivity index (χ3n) is 8.61. The molecule has 6 N–H and O–H groups in total. The Morgan fingerprint density at radius 2 is 1.06 bits per heavy atom. The first-order valence-electron chi connectivity index (χ1n) is 18.5. The summed E-state index contributed by atoms with van der Waals surface area (Å²) in [7, 11) is -5.10. The molecule has 1 saturated carbocycles. The van der Waals surface area contributed by atoms with Gasteiger partial charge in [-0.3, -0.25) is 18.6 Å². The van der Waals surface area contributed by atoms with Crippen molar-refractivity contribution < 1.29 is 63.1 Å². The summed E-state index contributed by atoms with van der Waals surface area (Å²) in [5, 5.41) is 49.8. The summed E-state index contributed by atoms with van der Waals surface area (Å²) in [5.74, 6) is -1.11. The van der Waals surface area contributed by atoms with Gasteiger partial charge in [-0.25, -0.2) is 4.57 Å². The van der Waals surface area contributed by atoms with Crippen LogP contribution in [-0.2, 0) is 32.7 Å². The first kappa shape index (κ1) is 45.6. The number of hydrogen-bond acceptors (Lipinski definition) is 12. The molecule has 0 bridgehead atoms. The van der Waals surface area contributed by atoms with E-state index in [1.54, 1.807) is 0 Å². The van der Waals surface area contributed by atoms with Gasteiger partial charge < -0.3 is 39.9 Å². The Balaban J connectivity index is 2.58. The SMILES string of the molecule is CCCC/C=C\CCCCCCCC(=O)OC(COC(=O)CCCCCCCCCCC)COP(=O)(O)OC1C(O)C(O)C(O)C(O)C1O. The number of hydrogen-bond donors (Lipinski definition) is 6. The molecule has 0 spiro atoms. The lowest BCUT2D eigenvalue weighted by molar-refractivity contribution is -0.220. The van der Waals surface area contributed by atoms with Crippen LogP contribution in [0.25, 0.3) is 0 Å². The maximum absolute atomic E-state index is 12.7. The average Bonchev–Trinajstić information content (AvgIpc) is 3.07. The first-order chi connectivity index (χ1) is 23.4. The van der Waals surface area contributed by atoms with Gasteiger partial charge in [0.25, 0.3) is 0 Å². The summed E-state index contributed by atoms with van der Waals surface area (Å²) in [6.07, 6.45) is 10.2. The summed E-state index contributed by atoms with van der Waals surface area (Å²) in [5.41, 5.74) is 0. The molecule has 0 aromatic rings. The number of unbranched alkanes of at least 4 members (excludes halogenated alkanes) is 15. The topological polar surface area (TPSA) is 210 Å². The second-order valence-corrected chi connectivity index (χ2v) is 14.5. The minimum atomic E-state index is -5.10. The predicted octanol–water partition coefficient (Wildman–Crippen LogP) is 5.16. The number of carbonyl (C=O) groups excluding carboxylic acids is 2. The number of allylic oxidation sites excluding steroid dienone is 2. The molecule has 1 aliphatic carbocycles. The van der Waals surface area contributed by atoms with Gasteiger partial charge in [0.1, 0.15) is 43.2 Å². The molecule has 0 aromatic carbocycles. The van der Waals surface area contributed by atoms with Gasteiger partial charge in [-0.05, 0) is 32.1 Å². The monoisotopic (exact) mass is 724 g/mol. The molecule has 1 aliphatic rings. The number of esters is 2. The van der Waals surface area contributed by atoms with Crippen molar-refractivity contribution in [2.75, 3.05) is 13.2 Å². The van der Waals surface area contributed by atoms with Gasteiger partial charge >= 0.3 is 19.8 Å². The highest BCUT2D eigenvalue weighted by Gasteiger charge is 2.51. The van der Waals surface area contributed by atoms with Gasteiger partial charge in [-0.1, -0.05) is 109 Å². The van der Waals surface area contributed by atoms with Crippen molar-refractivity contribution in [2.45, 2.75) is 185 Å². The minimum absolute atomic E-state index is 0.0889. The Hall–Kier alpha value is -1.41. The number of carbonyl (C=O) groups is 2. The molecule has 14 heteroatoms. The lowest BCUT2D eigenvalue weighted by Crippen LogP contribution is -2.64. The van der Waals surface area contributed by atoms with E-state index in [0.29, 0.717) is 12.8 Å². The normalized spacial score (nSPS) is 24.5. The number of aliphatic hydroxyl groups is 5. The standard InChI is InChI=1S/C35H65O13P/c1-3-5-7-9-11-13-14-16-18-20-22-24-29(37)47-27(25-45-28(36)23-21-19-17-15-12-10-8-6-4-2)26-46-49(43,44)48-35-33(41)31(39)30(38)32(40)34(35)42/h9,11,27,30-35,38-42H,3-8,10,12-26H2,1-2H3,(H,43,44)/b11-9-. The summed E-state index contributed by atoms with van der Waals surface area (Å²) >= 11 is 0. The molecule has 13 nitrogen and oxygen atoms in total. The molecule has 6 atom stereocenters. The number of phosphoric acid groups is 1. The fraction of sp³-hybridized carbons (Fsp3) is 0.886. The smallest absolute Gasteiger partial charge is 0.462 e. The van der Waals surface area contributed by atoms with Crippen LogP contribution >= 0.6 is 7.82 Å². The highest BCUT2D eigenvalue weighted by Crippen LogP contribution is 2.47. The number of rotatable bonds is 29. The van der Waals surface area contributed by atoms with E-state index in [0.717, 1.165) is 57.8 Å². The molecule has 6 unspecified atom stereocenters. The van der Waals surface area contributed by atoms with Gasteiger partial charge in [0.15, 0.2) is 6.10 Å². The molecule has 0 heterocycles. The Bertz CT molecular complexity index is 932. The first-order valence-corrected chi connectivity index (χ1v) is 20.0. The third-order valence-corrected chi connectivity index (χ3v) is 9.59. The maximum atomic E-state index is 12.7. The molecule has 0 radical (unpaired) electrons. The van der Waals surface area contributed by atoms with Crippen LogP contribution in [0.5, 0.6) is 0 Å². The van der Waals surface area contributed by atoms with Crippen LogP contribution in [0.4, 0.5) is 0 Å². The zero-order chi connectivity index (χ0) is 36.5. The van der Waals surface area contributed by atoms with Crippen LogP contribution in [0.15, 0.2) is 12.2 Å². The van der Waals surface area contributed by atoms with Crippen molar-refractivity contribution in [3.05, 3.63) is 12.2 Å². The number of phosphoric ester groups is 1. The van der Waals surface area contributed by atoms with Gasteiger partial charge in [0, 0.05) is 12.8 Å². The van der Waals surface area contributed by atoms with E-state index in [9.17, 15) is 44.6 Å². The molecule has 1 fully saturated rings. The highest BCUT2D eigenvalue weighted by molar-refractivity contribution is 7.47. The van der Waals surface area contributed by atoms with E-state index < -0.39 is 75.7 Å². The van der Waals surface area contributed by atoms with Crippen molar-refractivity contribution >= 4 is 19.8 Å². The lowest BCUT2D eigenvalue weighted by Gasteiger charge is -2.41. The van der Waals surface area contributed by atoms with Gasteiger partial charge in [0.2, 0.25) is 0 Å². The fourth-order valence-corrected chi connectivity index (χ4v) is 6.47. The van der Waals surface area contributed by atoms with Gasteiger partial charge in [-0.2, -0.15) is 0 Å². The minimum Gasteiger partial charge on any atom is -0.462 e. The second-order valence-electron chi connectivity index (χ2n) is 13.1. The van der Waals surface area contributed by atoms with E-state index >= 15 is 0 Å². The van der Waals surface area contributed by atoms with Crippen molar-refractivity contribution in [1.82, 2.24) is 0 Å². The Kier molecular flexibility index (Phi) is 25.4. The molecule has 49 heavy (non-hydrogen) atoms. The Morgan fingerprint density at radius 3 is 1.61 bits per heavy atom. The molecular weight excluding hydrogens is 659 g/mol. The number of ether oxygens (including phenoxy) is 2. The van der Waals surface area contributed by atoms with E-state index in [2.05, 4.69) is 26.0 Å². The van der Waals surface area contributed by atoms with Crippen molar-refractivity contribution in [3.8, 4) is 0 Å². The Labute approximate surface area is 293 Å². The van der Waals surface area contributed by atoms with Gasteiger partial charge in [0.05, 0.1) is 6.61 Å². The van der Waals surface area contributed by atoms with Crippen LogP contribution in [-0.4, -0.2) is 98.3 Å². The molecule has 0 saturated heterocycles. The molecule has 0 aliphatic heterocycles.